The summed E-state index contributed by atoms with van der Waals surface area (Å²) < 4.78 is 27.4. The Labute approximate surface area is 150 Å². The van der Waals surface area contributed by atoms with Crippen molar-refractivity contribution >= 4 is 44.8 Å². The minimum atomic E-state index is -3.86. The van der Waals surface area contributed by atoms with Gasteiger partial charge >= 0.3 is 0 Å². The summed E-state index contributed by atoms with van der Waals surface area (Å²) in [6, 6.07) is 10.5. The Morgan fingerprint density at radius 2 is 1.71 bits per heavy atom. The standard InChI is InChI=1S/C16H14Cl2N2O3S/c17-11-7-12(18)9-14(8-11)20-24(22,23)15-3-1-2-10(6-15)16(21)19-13-4-5-13/h1-3,6-9,13,20H,4-5H2,(H,19,21). The number of amides is 1. The van der Waals surface area contributed by atoms with Crippen LogP contribution in [0.3, 0.4) is 0 Å². The van der Waals surface area contributed by atoms with Crippen molar-refractivity contribution in [1.29, 1.82) is 0 Å². The average molecular weight is 385 g/mol. The molecular weight excluding hydrogens is 371 g/mol. The van der Waals surface area contributed by atoms with Crippen LogP contribution in [0.2, 0.25) is 10.0 Å². The molecular formula is C16H14Cl2N2O3S. The van der Waals surface area contributed by atoms with E-state index in [-0.39, 0.29) is 22.5 Å². The van der Waals surface area contributed by atoms with E-state index in [1.807, 2.05) is 0 Å². The second-order valence-electron chi connectivity index (χ2n) is 5.54. The molecule has 3 rings (SSSR count). The minimum Gasteiger partial charge on any atom is -0.349 e. The summed E-state index contributed by atoms with van der Waals surface area (Å²) in [6.45, 7) is 0. The number of nitrogens with one attached hydrogen (secondary N) is 2. The topological polar surface area (TPSA) is 75.3 Å². The van der Waals surface area contributed by atoms with E-state index in [4.69, 9.17) is 23.2 Å². The van der Waals surface area contributed by atoms with E-state index in [0.29, 0.717) is 15.6 Å². The van der Waals surface area contributed by atoms with E-state index in [1.165, 1.54) is 36.4 Å². The van der Waals surface area contributed by atoms with Crippen molar-refractivity contribution in [2.75, 3.05) is 4.72 Å². The highest BCUT2D eigenvalue weighted by molar-refractivity contribution is 7.92. The van der Waals surface area contributed by atoms with Crippen LogP contribution in [-0.2, 0) is 10.0 Å². The average Bonchev–Trinajstić information content (AvgIpc) is 3.29. The van der Waals surface area contributed by atoms with E-state index in [1.54, 1.807) is 6.07 Å². The fourth-order valence-corrected chi connectivity index (χ4v) is 3.74. The van der Waals surface area contributed by atoms with Gasteiger partial charge in [-0.25, -0.2) is 8.42 Å². The van der Waals surface area contributed by atoms with Crippen LogP contribution in [0.4, 0.5) is 5.69 Å². The Morgan fingerprint density at radius 1 is 1.04 bits per heavy atom. The Hall–Kier alpha value is -1.76. The van der Waals surface area contributed by atoms with Crippen LogP contribution >= 0.6 is 23.2 Å². The third-order valence-electron chi connectivity index (χ3n) is 3.43. The van der Waals surface area contributed by atoms with Crippen LogP contribution in [-0.4, -0.2) is 20.4 Å². The van der Waals surface area contributed by atoms with Gasteiger partial charge in [0, 0.05) is 21.7 Å². The number of sulfonamides is 1. The molecule has 2 aromatic carbocycles. The van der Waals surface area contributed by atoms with Crippen LogP contribution in [0.15, 0.2) is 47.4 Å². The third-order valence-corrected chi connectivity index (χ3v) is 5.25. The molecule has 2 N–H and O–H groups in total. The molecule has 1 fully saturated rings. The molecule has 0 bridgehead atoms. The lowest BCUT2D eigenvalue weighted by atomic mass is 10.2. The van der Waals surface area contributed by atoms with Gasteiger partial charge in [0.05, 0.1) is 10.6 Å². The zero-order valence-electron chi connectivity index (χ0n) is 12.4. The Bertz CT molecular complexity index is 876. The van der Waals surface area contributed by atoms with Crippen molar-refractivity contribution < 1.29 is 13.2 Å². The molecule has 0 heterocycles. The van der Waals surface area contributed by atoms with Crippen LogP contribution in [0.5, 0.6) is 0 Å². The number of benzene rings is 2. The van der Waals surface area contributed by atoms with Gasteiger partial charge in [-0.15, -0.1) is 0 Å². The second kappa shape index (κ2) is 6.63. The van der Waals surface area contributed by atoms with Gasteiger partial charge in [0.2, 0.25) is 0 Å². The van der Waals surface area contributed by atoms with Crippen LogP contribution < -0.4 is 10.0 Å². The van der Waals surface area contributed by atoms with Crippen molar-refractivity contribution in [2.24, 2.45) is 0 Å². The van der Waals surface area contributed by atoms with Crippen molar-refractivity contribution in [3.63, 3.8) is 0 Å². The lowest BCUT2D eigenvalue weighted by Crippen LogP contribution is -2.25. The summed E-state index contributed by atoms with van der Waals surface area (Å²) in [7, 11) is -3.86. The third kappa shape index (κ3) is 4.20. The fraction of sp³-hybridized carbons (Fsp3) is 0.188. The predicted molar refractivity (Wildman–Crippen MR) is 94.2 cm³/mol. The van der Waals surface area contributed by atoms with Crippen molar-refractivity contribution in [1.82, 2.24) is 5.32 Å². The lowest BCUT2D eigenvalue weighted by Gasteiger charge is -2.10. The minimum absolute atomic E-state index is 0.0120. The smallest absolute Gasteiger partial charge is 0.261 e. The SMILES string of the molecule is O=C(NC1CC1)c1cccc(S(=O)(=O)Nc2cc(Cl)cc(Cl)c2)c1. The quantitative estimate of drug-likeness (QED) is 0.825. The van der Waals surface area contributed by atoms with Gasteiger partial charge in [-0.1, -0.05) is 29.3 Å². The number of anilines is 1. The van der Waals surface area contributed by atoms with Gasteiger partial charge in [-0.3, -0.25) is 9.52 Å². The molecule has 0 unspecified atom stereocenters. The number of carbonyl (C=O) groups excluding carboxylic acids is 1. The molecule has 126 valence electrons. The van der Waals surface area contributed by atoms with E-state index >= 15 is 0 Å². The first-order chi connectivity index (χ1) is 11.3. The highest BCUT2D eigenvalue weighted by Gasteiger charge is 2.24. The van der Waals surface area contributed by atoms with E-state index in [0.717, 1.165) is 12.8 Å². The summed E-state index contributed by atoms with van der Waals surface area (Å²) >= 11 is 11.7. The monoisotopic (exact) mass is 384 g/mol. The van der Waals surface area contributed by atoms with Gasteiger partial charge in [0.1, 0.15) is 0 Å². The van der Waals surface area contributed by atoms with Gasteiger partial charge in [-0.2, -0.15) is 0 Å². The van der Waals surface area contributed by atoms with Crippen LogP contribution in [0, 0.1) is 0 Å². The molecule has 24 heavy (non-hydrogen) atoms. The molecule has 1 amide bonds. The van der Waals surface area contributed by atoms with Gasteiger partial charge < -0.3 is 5.32 Å². The van der Waals surface area contributed by atoms with E-state index in [9.17, 15) is 13.2 Å². The van der Waals surface area contributed by atoms with Gasteiger partial charge in [-0.05, 0) is 49.2 Å². The van der Waals surface area contributed by atoms with E-state index < -0.39 is 10.0 Å². The van der Waals surface area contributed by atoms with Crippen molar-refractivity contribution in [2.45, 2.75) is 23.8 Å². The van der Waals surface area contributed by atoms with Crippen LogP contribution in [0.1, 0.15) is 23.2 Å². The summed E-state index contributed by atoms with van der Waals surface area (Å²) in [6.07, 6.45) is 1.92. The van der Waals surface area contributed by atoms with Crippen molar-refractivity contribution in [3.8, 4) is 0 Å². The molecule has 0 atom stereocenters. The molecule has 0 saturated heterocycles. The number of hydrogen-bond acceptors (Lipinski definition) is 3. The predicted octanol–water partition coefficient (Wildman–Crippen LogP) is 3.69. The first kappa shape index (κ1) is 17.1. The maximum atomic E-state index is 12.5. The normalized spacial score (nSPS) is 14.2. The summed E-state index contributed by atoms with van der Waals surface area (Å²) in [5.41, 5.74) is 0.550. The zero-order valence-corrected chi connectivity index (χ0v) is 14.8. The summed E-state index contributed by atoms with van der Waals surface area (Å²) in [5.74, 6) is -0.277. The molecule has 0 aromatic heterocycles. The zero-order chi connectivity index (χ0) is 17.3. The summed E-state index contributed by atoms with van der Waals surface area (Å²) in [5, 5.41) is 3.46. The van der Waals surface area contributed by atoms with E-state index in [2.05, 4.69) is 10.0 Å². The first-order valence-electron chi connectivity index (χ1n) is 7.23. The molecule has 0 spiro atoms. The molecule has 0 aliphatic heterocycles. The molecule has 1 aliphatic rings. The lowest BCUT2D eigenvalue weighted by molar-refractivity contribution is 0.0951. The fourth-order valence-electron chi connectivity index (χ4n) is 2.13. The maximum Gasteiger partial charge on any atom is 0.261 e. The largest absolute Gasteiger partial charge is 0.349 e. The highest BCUT2D eigenvalue weighted by Crippen LogP contribution is 2.25. The number of carbonyl (C=O) groups is 1. The molecule has 1 aliphatic carbocycles. The molecule has 8 heteroatoms. The molecule has 1 saturated carbocycles. The first-order valence-corrected chi connectivity index (χ1v) is 9.47. The van der Waals surface area contributed by atoms with Crippen molar-refractivity contribution in [3.05, 3.63) is 58.1 Å². The molecule has 2 aromatic rings. The maximum absolute atomic E-state index is 12.5. The number of rotatable bonds is 5. The van der Waals surface area contributed by atoms with Gasteiger partial charge in [0.25, 0.3) is 15.9 Å². The van der Waals surface area contributed by atoms with Crippen LogP contribution in [0.25, 0.3) is 0 Å². The Morgan fingerprint density at radius 3 is 2.33 bits per heavy atom. The summed E-state index contributed by atoms with van der Waals surface area (Å²) in [4.78, 5) is 12.0. The number of hydrogen-bond donors (Lipinski definition) is 2. The Kier molecular flexibility index (Phi) is 4.71. The highest BCUT2D eigenvalue weighted by atomic mass is 35.5. The number of halogens is 2. The Balaban J connectivity index is 1.84. The molecule has 0 radical (unpaired) electrons. The second-order valence-corrected chi connectivity index (χ2v) is 8.09. The van der Waals surface area contributed by atoms with Gasteiger partial charge in [0.15, 0.2) is 0 Å². The molecule has 5 nitrogen and oxygen atoms in total.